The van der Waals surface area contributed by atoms with Crippen LogP contribution in [-0.4, -0.2) is 49.6 Å². The molecule has 0 amide bonds. The second kappa shape index (κ2) is 5.25. The Kier molecular flexibility index (Phi) is 4.01. The molecule has 1 aromatic carbocycles. The number of nitrogens with zero attached hydrogens (tertiary/aromatic N) is 1. The van der Waals surface area contributed by atoms with E-state index in [1.54, 1.807) is 0 Å². The second-order valence-electron chi connectivity index (χ2n) is 5.19. The molecule has 0 saturated carbocycles. The Morgan fingerprint density at radius 3 is 2.18 bits per heavy atom. The summed E-state index contributed by atoms with van der Waals surface area (Å²) in [5.74, 6) is -4.31. The molecular weight excluding hydrogens is 320 g/mol. The third-order valence-electron chi connectivity index (χ3n) is 3.64. The number of carbonyl (C=O) groups is 1. The lowest BCUT2D eigenvalue weighted by Gasteiger charge is -2.44. The summed E-state index contributed by atoms with van der Waals surface area (Å²) in [6.45, 7) is 0.0610. The quantitative estimate of drug-likeness (QED) is 0.876. The minimum absolute atomic E-state index is 0.171. The highest BCUT2D eigenvalue weighted by atomic mass is 32.2. The van der Waals surface area contributed by atoms with Crippen LogP contribution in [0.3, 0.4) is 0 Å². The van der Waals surface area contributed by atoms with Crippen LogP contribution in [0.5, 0.6) is 0 Å². The molecule has 0 aromatic heterocycles. The molecule has 0 spiro atoms. The maximum Gasteiger partial charge on any atom is 0.338 e. The van der Waals surface area contributed by atoms with E-state index in [9.17, 15) is 22.0 Å². The molecule has 0 unspecified atom stereocenters. The van der Waals surface area contributed by atoms with Crippen LogP contribution in [0.25, 0.3) is 0 Å². The predicted octanol–water partition coefficient (Wildman–Crippen LogP) is 1.27. The normalized spacial score (nSPS) is 18.7. The van der Waals surface area contributed by atoms with Crippen LogP contribution in [0.4, 0.5) is 8.78 Å². The van der Waals surface area contributed by atoms with E-state index < -0.39 is 27.5 Å². The van der Waals surface area contributed by atoms with Crippen LogP contribution in [-0.2, 0) is 25.5 Å². The van der Waals surface area contributed by atoms with E-state index in [2.05, 4.69) is 0 Å². The van der Waals surface area contributed by atoms with Crippen LogP contribution >= 0.6 is 0 Å². The van der Waals surface area contributed by atoms with Crippen LogP contribution in [0.1, 0.15) is 12.5 Å². The van der Waals surface area contributed by atoms with Gasteiger partial charge in [-0.05, 0) is 12.1 Å². The lowest BCUT2D eigenvalue weighted by atomic mass is 9.97. The molecule has 1 heterocycles. The first kappa shape index (κ1) is 16.8. The molecule has 1 fully saturated rings. The molecule has 1 aliphatic rings. The van der Waals surface area contributed by atoms with E-state index in [0.717, 1.165) is 28.6 Å². The van der Waals surface area contributed by atoms with Gasteiger partial charge >= 0.3 is 5.97 Å². The van der Waals surface area contributed by atoms with Crippen molar-refractivity contribution < 1.29 is 31.8 Å². The first-order valence-corrected chi connectivity index (χ1v) is 7.74. The number of alkyl halides is 2. The first-order chi connectivity index (χ1) is 10.0. The summed E-state index contributed by atoms with van der Waals surface area (Å²) in [7, 11) is -2.74. The molecule has 6 nitrogen and oxygen atoms in total. The minimum atomic E-state index is -3.93. The molecule has 9 heteroatoms. The average molecular weight is 335 g/mol. The number of aliphatic carboxylic acids is 1. The van der Waals surface area contributed by atoms with Crippen LogP contribution < -0.4 is 0 Å². The zero-order valence-corrected chi connectivity index (χ0v) is 12.7. The van der Waals surface area contributed by atoms with Gasteiger partial charge in [-0.1, -0.05) is 12.1 Å². The van der Waals surface area contributed by atoms with Crippen LogP contribution in [0, 0.1) is 0 Å². The summed E-state index contributed by atoms with van der Waals surface area (Å²) in [5.41, 5.74) is -1.85. The Bertz CT molecular complexity index is 675. The molecule has 0 radical (unpaired) electrons. The van der Waals surface area contributed by atoms with Gasteiger partial charge in [0.25, 0.3) is 5.92 Å². The SMILES string of the molecule is COC1(C(=O)O)CN(S(=O)(=O)c2ccc(C(C)(F)F)cc2)C1. The van der Waals surface area contributed by atoms with E-state index in [4.69, 9.17) is 9.84 Å². The summed E-state index contributed by atoms with van der Waals surface area (Å²) in [6.07, 6.45) is 0. The highest BCUT2D eigenvalue weighted by Crippen LogP contribution is 2.32. The van der Waals surface area contributed by atoms with Crippen molar-refractivity contribution in [3.63, 3.8) is 0 Å². The summed E-state index contributed by atoms with van der Waals surface area (Å²) in [5, 5.41) is 9.03. The fourth-order valence-electron chi connectivity index (χ4n) is 2.11. The molecule has 1 N–H and O–H groups in total. The molecule has 0 bridgehead atoms. The maximum atomic E-state index is 13.1. The number of sulfonamides is 1. The van der Waals surface area contributed by atoms with Crippen molar-refractivity contribution in [1.29, 1.82) is 0 Å². The van der Waals surface area contributed by atoms with E-state index in [1.165, 1.54) is 7.11 Å². The number of rotatable bonds is 5. The van der Waals surface area contributed by atoms with Gasteiger partial charge in [0.2, 0.25) is 10.0 Å². The summed E-state index contributed by atoms with van der Waals surface area (Å²) < 4.78 is 56.6. The van der Waals surface area contributed by atoms with Crippen molar-refractivity contribution in [2.75, 3.05) is 20.2 Å². The van der Waals surface area contributed by atoms with Gasteiger partial charge in [0.15, 0.2) is 5.60 Å². The van der Waals surface area contributed by atoms with Crippen molar-refractivity contribution in [2.45, 2.75) is 23.3 Å². The fourth-order valence-corrected chi connectivity index (χ4v) is 3.65. The molecule has 0 atom stereocenters. The Labute approximate surface area is 126 Å². The molecule has 1 saturated heterocycles. The predicted molar refractivity (Wildman–Crippen MR) is 72.1 cm³/mol. The monoisotopic (exact) mass is 335 g/mol. The Morgan fingerprint density at radius 1 is 1.32 bits per heavy atom. The Hall–Kier alpha value is -1.58. The van der Waals surface area contributed by atoms with Gasteiger partial charge in [0.1, 0.15) is 0 Å². The molecular formula is C13H15F2NO5S. The lowest BCUT2D eigenvalue weighted by Crippen LogP contribution is -2.68. The summed E-state index contributed by atoms with van der Waals surface area (Å²) >= 11 is 0. The van der Waals surface area contributed by atoms with Gasteiger partial charge in [-0.15, -0.1) is 0 Å². The standard InChI is InChI=1S/C13H15F2NO5S/c1-12(14,15)9-3-5-10(6-4-9)22(19,20)16-7-13(8-16,21-2)11(17)18/h3-6H,7-8H2,1-2H3,(H,17,18). The molecule has 1 aromatic rings. The highest BCUT2D eigenvalue weighted by molar-refractivity contribution is 7.89. The smallest absolute Gasteiger partial charge is 0.338 e. The highest BCUT2D eigenvalue weighted by Gasteiger charge is 2.54. The zero-order valence-electron chi connectivity index (χ0n) is 11.9. The largest absolute Gasteiger partial charge is 0.479 e. The number of hydrogen-bond donors (Lipinski definition) is 1. The van der Waals surface area contributed by atoms with Crippen LogP contribution in [0.2, 0.25) is 0 Å². The van der Waals surface area contributed by atoms with E-state index >= 15 is 0 Å². The maximum absolute atomic E-state index is 13.1. The van der Waals surface area contributed by atoms with E-state index in [1.807, 2.05) is 0 Å². The zero-order chi connectivity index (χ0) is 16.8. The van der Waals surface area contributed by atoms with Crippen molar-refractivity contribution in [3.8, 4) is 0 Å². The number of halogens is 2. The van der Waals surface area contributed by atoms with Crippen molar-refractivity contribution in [2.24, 2.45) is 0 Å². The van der Waals surface area contributed by atoms with Gasteiger partial charge in [0.05, 0.1) is 18.0 Å². The number of hydrogen-bond acceptors (Lipinski definition) is 4. The second-order valence-corrected chi connectivity index (χ2v) is 7.13. The van der Waals surface area contributed by atoms with Crippen molar-refractivity contribution >= 4 is 16.0 Å². The van der Waals surface area contributed by atoms with E-state index in [0.29, 0.717) is 6.92 Å². The van der Waals surface area contributed by atoms with Crippen molar-refractivity contribution in [3.05, 3.63) is 29.8 Å². The van der Waals surface area contributed by atoms with Gasteiger partial charge in [-0.2, -0.15) is 4.31 Å². The van der Waals surface area contributed by atoms with Gasteiger partial charge < -0.3 is 9.84 Å². The lowest BCUT2D eigenvalue weighted by molar-refractivity contribution is -0.176. The third kappa shape index (κ3) is 2.71. The number of ether oxygens (including phenoxy) is 1. The molecule has 2 rings (SSSR count). The molecule has 1 aliphatic heterocycles. The minimum Gasteiger partial charge on any atom is -0.479 e. The van der Waals surface area contributed by atoms with Gasteiger partial charge in [-0.3, -0.25) is 0 Å². The van der Waals surface area contributed by atoms with Crippen molar-refractivity contribution in [1.82, 2.24) is 4.31 Å². The Balaban J connectivity index is 2.21. The molecule has 22 heavy (non-hydrogen) atoms. The number of carboxylic acids is 1. The summed E-state index contributed by atoms with van der Waals surface area (Å²) in [4.78, 5) is 10.9. The van der Waals surface area contributed by atoms with Crippen LogP contribution in [0.15, 0.2) is 29.2 Å². The fraction of sp³-hybridized carbons (Fsp3) is 0.462. The number of methoxy groups -OCH3 is 1. The van der Waals surface area contributed by atoms with E-state index in [-0.39, 0.29) is 23.5 Å². The van der Waals surface area contributed by atoms with Gasteiger partial charge in [0, 0.05) is 19.6 Å². The van der Waals surface area contributed by atoms with Gasteiger partial charge in [-0.25, -0.2) is 22.0 Å². The topological polar surface area (TPSA) is 83.9 Å². The molecule has 122 valence electrons. The number of carboxylic acid groups (broad SMARTS) is 1. The Morgan fingerprint density at radius 2 is 1.82 bits per heavy atom. The molecule has 0 aliphatic carbocycles. The third-order valence-corrected chi connectivity index (χ3v) is 5.45. The summed E-state index contributed by atoms with van der Waals surface area (Å²) in [6, 6.07) is 4.23. The number of benzene rings is 1. The first-order valence-electron chi connectivity index (χ1n) is 6.30. The average Bonchev–Trinajstić information content (AvgIpc) is 2.36.